The van der Waals surface area contributed by atoms with Gasteiger partial charge in [0.1, 0.15) is 5.82 Å². The summed E-state index contributed by atoms with van der Waals surface area (Å²) in [4.78, 5) is 0. The van der Waals surface area contributed by atoms with Crippen molar-refractivity contribution < 1.29 is 4.39 Å². The van der Waals surface area contributed by atoms with Crippen molar-refractivity contribution in [2.75, 3.05) is 0 Å². The molecule has 0 fully saturated rings. The van der Waals surface area contributed by atoms with Gasteiger partial charge in [0.2, 0.25) is 0 Å². The molecule has 2 rings (SSSR count). The van der Waals surface area contributed by atoms with E-state index in [0.29, 0.717) is 26.2 Å². The van der Waals surface area contributed by atoms with Gasteiger partial charge in [-0.1, -0.05) is 40.9 Å². The van der Waals surface area contributed by atoms with Gasteiger partial charge in [0, 0.05) is 20.6 Å². The summed E-state index contributed by atoms with van der Waals surface area (Å²) in [5.41, 5.74) is 7.05. The first-order valence-corrected chi connectivity index (χ1v) is 6.28. The Morgan fingerprint density at radius 2 is 1.56 bits per heavy atom. The maximum Gasteiger partial charge on any atom is 0.123 e. The fraction of sp³-hybridized carbons (Fsp3) is 0.0769. The molecule has 0 heterocycles. The van der Waals surface area contributed by atoms with Crippen molar-refractivity contribution in [3.8, 4) is 0 Å². The van der Waals surface area contributed by atoms with Crippen LogP contribution in [0.1, 0.15) is 17.2 Å². The summed E-state index contributed by atoms with van der Waals surface area (Å²) in [6.07, 6.45) is 0. The average Bonchev–Trinajstić information content (AvgIpc) is 2.32. The van der Waals surface area contributed by atoms with Crippen LogP contribution in [-0.2, 0) is 0 Å². The highest BCUT2D eigenvalue weighted by Crippen LogP contribution is 2.35. The molecule has 2 N–H and O–H groups in total. The first-order valence-electron chi connectivity index (χ1n) is 5.15. The lowest BCUT2D eigenvalue weighted by Gasteiger charge is -2.17. The summed E-state index contributed by atoms with van der Waals surface area (Å²) < 4.78 is 13.2. The molecule has 0 aliphatic heterocycles. The summed E-state index contributed by atoms with van der Waals surface area (Å²) in [7, 11) is 0. The second-order valence-corrected chi connectivity index (χ2v) is 5.00. The van der Waals surface area contributed by atoms with E-state index < -0.39 is 11.9 Å². The van der Waals surface area contributed by atoms with Gasteiger partial charge < -0.3 is 5.73 Å². The molecule has 0 aliphatic carbocycles. The average molecular weight is 305 g/mol. The molecule has 1 atom stereocenters. The number of nitrogens with two attached hydrogens (primary N) is 1. The molecule has 0 aromatic heterocycles. The third kappa shape index (κ3) is 2.62. The van der Waals surface area contributed by atoms with Crippen molar-refractivity contribution >= 4 is 34.8 Å². The van der Waals surface area contributed by atoms with E-state index in [9.17, 15) is 4.39 Å². The van der Waals surface area contributed by atoms with E-state index in [0.717, 1.165) is 0 Å². The Morgan fingerprint density at radius 3 is 2.17 bits per heavy atom. The zero-order chi connectivity index (χ0) is 13.3. The van der Waals surface area contributed by atoms with Crippen LogP contribution >= 0.6 is 34.8 Å². The quantitative estimate of drug-likeness (QED) is 0.844. The van der Waals surface area contributed by atoms with Crippen LogP contribution in [0.15, 0.2) is 36.4 Å². The van der Waals surface area contributed by atoms with Crippen molar-refractivity contribution in [3.63, 3.8) is 0 Å². The molecule has 2 aromatic carbocycles. The smallest absolute Gasteiger partial charge is 0.123 e. The minimum absolute atomic E-state index is 0.375. The summed E-state index contributed by atoms with van der Waals surface area (Å²) in [6, 6.07) is 8.41. The third-order valence-corrected chi connectivity index (χ3v) is 3.61. The maximum absolute atomic E-state index is 13.2. The van der Waals surface area contributed by atoms with Gasteiger partial charge in [-0.2, -0.15) is 0 Å². The van der Waals surface area contributed by atoms with Gasteiger partial charge in [-0.25, -0.2) is 4.39 Å². The third-order valence-electron chi connectivity index (χ3n) is 2.60. The first kappa shape index (κ1) is 13.6. The molecule has 0 saturated carbocycles. The number of halogens is 4. The van der Waals surface area contributed by atoms with Crippen LogP contribution in [0.4, 0.5) is 4.39 Å². The van der Waals surface area contributed by atoms with Gasteiger partial charge in [-0.15, -0.1) is 0 Å². The van der Waals surface area contributed by atoms with E-state index in [1.165, 1.54) is 18.2 Å². The van der Waals surface area contributed by atoms with Crippen LogP contribution in [0.25, 0.3) is 0 Å². The predicted octanol–water partition coefficient (Wildman–Crippen LogP) is 4.83. The van der Waals surface area contributed by atoms with E-state index in [1.54, 1.807) is 18.2 Å². The molecular formula is C13H9Cl3FN. The molecule has 18 heavy (non-hydrogen) atoms. The van der Waals surface area contributed by atoms with Crippen LogP contribution in [-0.4, -0.2) is 0 Å². The van der Waals surface area contributed by atoms with Crippen LogP contribution in [0.5, 0.6) is 0 Å². The van der Waals surface area contributed by atoms with Gasteiger partial charge in [0.15, 0.2) is 0 Å². The van der Waals surface area contributed by atoms with Crippen molar-refractivity contribution in [2.45, 2.75) is 6.04 Å². The summed E-state index contributed by atoms with van der Waals surface area (Å²) in [5.74, 6) is -0.409. The summed E-state index contributed by atoms with van der Waals surface area (Å²) in [5, 5.41) is 1.23. The summed E-state index contributed by atoms with van der Waals surface area (Å²) in [6.45, 7) is 0. The maximum atomic E-state index is 13.2. The zero-order valence-electron chi connectivity index (χ0n) is 9.13. The Bertz CT molecular complexity index is 566. The largest absolute Gasteiger partial charge is 0.320 e. The lowest BCUT2D eigenvalue weighted by Crippen LogP contribution is -2.14. The first-order chi connectivity index (χ1) is 8.50. The molecule has 1 nitrogen and oxygen atoms in total. The highest BCUT2D eigenvalue weighted by Gasteiger charge is 2.18. The topological polar surface area (TPSA) is 26.0 Å². The second kappa shape index (κ2) is 5.45. The van der Waals surface area contributed by atoms with E-state index >= 15 is 0 Å². The minimum Gasteiger partial charge on any atom is -0.320 e. The minimum atomic E-state index is -0.672. The predicted molar refractivity (Wildman–Crippen MR) is 73.9 cm³/mol. The normalized spacial score (nSPS) is 12.5. The summed E-state index contributed by atoms with van der Waals surface area (Å²) >= 11 is 18.1. The fourth-order valence-corrected chi connectivity index (χ4v) is 2.58. The molecule has 0 saturated heterocycles. The van der Waals surface area contributed by atoms with Gasteiger partial charge in [0.05, 0.1) is 6.04 Å². The van der Waals surface area contributed by atoms with Crippen LogP contribution < -0.4 is 5.73 Å². The van der Waals surface area contributed by atoms with Crippen LogP contribution in [0.2, 0.25) is 15.1 Å². The number of hydrogen-bond acceptors (Lipinski definition) is 1. The Hall–Kier alpha value is -0.800. The SMILES string of the molecule is NC(c1cc(F)ccc1Cl)c1c(Cl)cccc1Cl. The Labute approximate surface area is 119 Å². The molecule has 1 unspecified atom stereocenters. The highest BCUT2D eigenvalue weighted by atomic mass is 35.5. The van der Waals surface area contributed by atoms with Gasteiger partial charge >= 0.3 is 0 Å². The van der Waals surface area contributed by atoms with Crippen LogP contribution in [0.3, 0.4) is 0 Å². The lowest BCUT2D eigenvalue weighted by molar-refractivity contribution is 0.623. The molecule has 5 heteroatoms. The Balaban J connectivity index is 2.54. The molecule has 0 radical (unpaired) electrons. The fourth-order valence-electron chi connectivity index (χ4n) is 1.72. The van der Waals surface area contributed by atoms with Crippen molar-refractivity contribution in [1.29, 1.82) is 0 Å². The second-order valence-electron chi connectivity index (χ2n) is 3.78. The Morgan fingerprint density at radius 1 is 0.944 bits per heavy atom. The van der Waals surface area contributed by atoms with Crippen LogP contribution in [0, 0.1) is 5.82 Å². The molecule has 94 valence electrons. The van der Waals surface area contributed by atoms with E-state index in [1.807, 2.05) is 0 Å². The van der Waals surface area contributed by atoms with Crippen molar-refractivity contribution in [2.24, 2.45) is 5.73 Å². The number of rotatable bonds is 2. The van der Waals surface area contributed by atoms with Crippen molar-refractivity contribution in [1.82, 2.24) is 0 Å². The molecular weight excluding hydrogens is 296 g/mol. The van der Waals surface area contributed by atoms with Crippen molar-refractivity contribution in [3.05, 3.63) is 68.4 Å². The number of benzene rings is 2. The molecule has 0 spiro atoms. The molecule has 2 aromatic rings. The number of hydrogen-bond donors (Lipinski definition) is 1. The lowest BCUT2D eigenvalue weighted by atomic mass is 9.99. The zero-order valence-corrected chi connectivity index (χ0v) is 11.4. The van der Waals surface area contributed by atoms with Gasteiger partial charge in [-0.3, -0.25) is 0 Å². The molecule has 0 bridgehead atoms. The highest BCUT2D eigenvalue weighted by molar-refractivity contribution is 6.36. The van der Waals surface area contributed by atoms with E-state index in [-0.39, 0.29) is 0 Å². The van der Waals surface area contributed by atoms with Gasteiger partial charge in [0.25, 0.3) is 0 Å². The standard InChI is InChI=1S/C13H9Cl3FN/c14-9-5-4-7(17)6-8(9)13(18)12-10(15)2-1-3-11(12)16/h1-6,13H,18H2. The molecule has 0 aliphatic rings. The van der Waals surface area contributed by atoms with Gasteiger partial charge in [-0.05, 0) is 35.9 Å². The molecule has 0 amide bonds. The Kier molecular flexibility index (Phi) is 4.13. The van der Waals surface area contributed by atoms with E-state index in [2.05, 4.69) is 0 Å². The monoisotopic (exact) mass is 303 g/mol. The van der Waals surface area contributed by atoms with E-state index in [4.69, 9.17) is 40.5 Å².